The number of aromatic amines is 1. The average Bonchev–Trinajstić information content (AvgIpc) is 3.41. The summed E-state index contributed by atoms with van der Waals surface area (Å²) in [7, 11) is 0. The van der Waals surface area contributed by atoms with E-state index in [1.165, 1.54) is 5.56 Å². The molecule has 0 bridgehead atoms. The lowest BCUT2D eigenvalue weighted by Crippen LogP contribution is -2.50. The zero-order valence-corrected chi connectivity index (χ0v) is 15.4. The summed E-state index contributed by atoms with van der Waals surface area (Å²) in [6.45, 7) is 6.92. The van der Waals surface area contributed by atoms with Crippen molar-refractivity contribution in [1.29, 1.82) is 0 Å². The van der Waals surface area contributed by atoms with Gasteiger partial charge in [0.15, 0.2) is 5.82 Å². The van der Waals surface area contributed by atoms with E-state index in [0.717, 1.165) is 57.1 Å². The Bertz CT molecular complexity index is 732. The Balaban J connectivity index is 1.31. The van der Waals surface area contributed by atoms with Gasteiger partial charge >= 0.3 is 0 Å². The Labute approximate surface area is 154 Å². The second-order valence-electron chi connectivity index (χ2n) is 7.41. The van der Waals surface area contributed by atoms with Crippen LogP contribution in [-0.4, -0.2) is 64.7 Å². The summed E-state index contributed by atoms with van der Waals surface area (Å²) in [5.74, 6) is 1.28. The Hall–Kier alpha value is -2.34. The molecule has 1 saturated carbocycles. The van der Waals surface area contributed by atoms with E-state index < -0.39 is 0 Å². The molecule has 0 radical (unpaired) electrons. The molecular formula is C20H27N5O. The van der Waals surface area contributed by atoms with Crippen LogP contribution in [0.3, 0.4) is 0 Å². The number of carbonyl (C=O) groups excluding carboxylic acids is 1. The van der Waals surface area contributed by atoms with Gasteiger partial charge in [0.05, 0.1) is 6.54 Å². The van der Waals surface area contributed by atoms with E-state index in [1.807, 2.05) is 25.1 Å². The smallest absolute Gasteiger partial charge is 0.237 e. The van der Waals surface area contributed by atoms with Crippen molar-refractivity contribution in [2.24, 2.45) is 0 Å². The number of aromatic nitrogens is 2. The van der Waals surface area contributed by atoms with Crippen LogP contribution in [0.1, 0.15) is 24.1 Å². The van der Waals surface area contributed by atoms with Crippen LogP contribution < -0.4 is 4.90 Å². The third-order valence-corrected chi connectivity index (χ3v) is 5.25. The number of aryl methyl sites for hydroxylation is 1. The average molecular weight is 353 g/mol. The zero-order valence-electron chi connectivity index (χ0n) is 15.4. The summed E-state index contributed by atoms with van der Waals surface area (Å²) in [6.07, 6.45) is 2.29. The zero-order chi connectivity index (χ0) is 17.9. The van der Waals surface area contributed by atoms with Gasteiger partial charge in [-0.2, -0.15) is 5.10 Å². The van der Waals surface area contributed by atoms with Gasteiger partial charge in [0.2, 0.25) is 5.91 Å². The van der Waals surface area contributed by atoms with E-state index >= 15 is 0 Å². The summed E-state index contributed by atoms with van der Waals surface area (Å²) in [4.78, 5) is 19.5. The maximum Gasteiger partial charge on any atom is 0.237 e. The fraction of sp³-hybridized carbons (Fsp3) is 0.500. The van der Waals surface area contributed by atoms with Crippen molar-refractivity contribution in [2.45, 2.75) is 32.4 Å². The molecule has 1 aliphatic carbocycles. The summed E-state index contributed by atoms with van der Waals surface area (Å²) in [5, 5.41) is 7.34. The molecule has 0 atom stereocenters. The second kappa shape index (κ2) is 7.50. The number of H-pyrrole nitrogens is 1. The van der Waals surface area contributed by atoms with Crippen LogP contribution in [0.4, 0.5) is 5.82 Å². The molecule has 1 aromatic carbocycles. The molecular weight excluding hydrogens is 326 g/mol. The van der Waals surface area contributed by atoms with Gasteiger partial charge in [-0.3, -0.25) is 14.8 Å². The molecule has 1 amide bonds. The number of hydrogen-bond donors (Lipinski definition) is 1. The van der Waals surface area contributed by atoms with Crippen molar-refractivity contribution in [2.75, 3.05) is 37.6 Å². The molecule has 2 aliphatic rings. The third-order valence-electron chi connectivity index (χ3n) is 5.25. The Kier molecular flexibility index (Phi) is 4.93. The van der Waals surface area contributed by atoms with E-state index in [4.69, 9.17) is 0 Å². The van der Waals surface area contributed by atoms with Crippen molar-refractivity contribution < 1.29 is 4.79 Å². The first-order valence-electron chi connectivity index (χ1n) is 9.52. The first kappa shape index (κ1) is 17.1. The maximum absolute atomic E-state index is 12.9. The fourth-order valence-corrected chi connectivity index (χ4v) is 3.57. The first-order valence-corrected chi connectivity index (χ1v) is 9.52. The van der Waals surface area contributed by atoms with Crippen LogP contribution in [-0.2, 0) is 11.3 Å². The number of hydrogen-bond acceptors (Lipinski definition) is 4. The summed E-state index contributed by atoms with van der Waals surface area (Å²) >= 11 is 0. The number of piperazine rings is 1. The molecule has 138 valence electrons. The van der Waals surface area contributed by atoms with Gasteiger partial charge in [0.1, 0.15) is 0 Å². The van der Waals surface area contributed by atoms with Gasteiger partial charge in [0, 0.05) is 50.5 Å². The van der Waals surface area contributed by atoms with Crippen LogP contribution in [0, 0.1) is 6.92 Å². The quantitative estimate of drug-likeness (QED) is 0.863. The van der Waals surface area contributed by atoms with Crippen molar-refractivity contribution in [3.05, 3.63) is 47.7 Å². The molecule has 4 rings (SSSR count). The lowest BCUT2D eigenvalue weighted by atomic mass is 10.2. The van der Waals surface area contributed by atoms with Crippen molar-refractivity contribution in [3.63, 3.8) is 0 Å². The molecule has 1 aromatic heterocycles. The summed E-state index contributed by atoms with van der Waals surface area (Å²) in [5.41, 5.74) is 2.30. The number of rotatable bonds is 6. The Morgan fingerprint density at radius 2 is 1.92 bits per heavy atom. The highest BCUT2D eigenvalue weighted by molar-refractivity contribution is 5.79. The standard InChI is InChI=1S/C20H27N5O/c1-16-13-19(22-21-16)24-11-9-23(10-12-24)15-20(26)25(18-7-8-18)14-17-5-3-2-4-6-17/h2-6,13,18H,7-12,14-15H2,1H3,(H,21,22). The molecule has 2 fully saturated rings. The van der Waals surface area contributed by atoms with Crippen LogP contribution in [0.25, 0.3) is 0 Å². The minimum absolute atomic E-state index is 0.264. The van der Waals surface area contributed by atoms with Gasteiger partial charge in [0.25, 0.3) is 0 Å². The van der Waals surface area contributed by atoms with E-state index in [0.29, 0.717) is 12.6 Å². The molecule has 1 aliphatic heterocycles. The number of benzene rings is 1. The van der Waals surface area contributed by atoms with Gasteiger partial charge in [-0.25, -0.2) is 0 Å². The predicted molar refractivity (Wildman–Crippen MR) is 102 cm³/mol. The molecule has 2 aromatic rings. The van der Waals surface area contributed by atoms with Crippen LogP contribution in [0.5, 0.6) is 0 Å². The van der Waals surface area contributed by atoms with Gasteiger partial charge in [-0.05, 0) is 25.3 Å². The number of nitrogens with one attached hydrogen (secondary N) is 1. The van der Waals surface area contributed by atoms with E-state index in [9.17, 15) is 4.79 Å². The fourth-order valence-electron chi connectivity index (χ4n) is 3.57. The Morgan fingerprint density at radius 3 is 2.54 bits per heavy atom. The summed E-state index contributed by atoms with van der Waals surface area (Å²) < 4.78 is 0. The molecule has 0 unspecified atom stereocenters. The second-order valence-corrected chi connectivity index (χ2v) is 7.41. The normalized spacial score (nSPS) is 18.1. The Morgan fingerprint density at radius 1 is 1.19 bits per heavy atom. The van der Waals surface area contributed by atoms with Crippen molar-refractivity contribution in [1.82, 2.24) is 20.0 Å². The number of amides is 1. The predicted octanol–water partition coefficient (Wildman–Crippen LogP) is 2.03. The van der Waals surface area contributed by atoms with Crippen molar-refractivity contribution >= 4 is 11.7 Å². The SMILES string of the molecule is Cc1cc(N2CCN(CC(=O)N(Cc3ccccc3)C3CC3)CC2)n[nH]1. The van der Waals surface area contributed by atoms with E-state index in [-0.39, 0.29) is 5.91 Å². The molecule has 6 nitrogen and oxygen atoms in total. The highest BCUT2D eigenvalue weighted by atomic mass is 16.2. The topological polar surface area (TPSA) is 55.5 Å². The summed E-state index contributed by atoms with van der Waals surface area (Å²) in [6, 6.07) is 12.8. The lowest BCUT2D eigenvalue weighted by molar-refractivity contribution is -0.133. The molecule has 0 spiro atoms. The van der Waals surface area contributed by atoms with Crippen LogP contribution in [0.15, 0.2) is 36.4 Å². The minimum atomic E-state index is 0.264. The van der Waals surface area contributed by atoms with Gasteiger partial charge in [-0.1, -0.05) is 30.3 Å². The molecule has 6 heteroatoms. The monoisotopic (exact) mass is 353 g/mol. The molecule has 1 N–H and O–H groups in total. The van der Waals surface area contributed by atoms with Gasteiger partial charge < -0.3 is 9.80 Å². The van der Waals surface area contributed by atoms with E-state index in [2.05, 4.69) is 43.1 Å². The van der Waals surface area contributed by atoms with Crippen LogP contribution >= 0.6 is 0 Å². The lowest BCUT2D eigenvalue weighted by Gasteiger charge is -2.35. The number of nitrogens with zero attached hydrogens (tertiary/aromatic N) is 4. The minimum Gasteiger partial charge on any atom is -0.353 e. The molecule has 1 saturated heterocycles. The highest BCUT2D eigenvalue weighted by Gasteiger charge is 2.33. The number of anilines is 1. The molecule has 2 heterocycles. The van der Waals surface area contributed by atoms with Gasteiger partial charge in [-0.15, -0.1) is 0 Å². The number of carbonyl (C=O) groups is 1. The van der Waals surface area contributed by atoms with E-state index in [1.54, 1.807) is 0 Å². The third kappa shape index (κ3) is 4.07. The maximum atomic E-state index is 12.9. The highest BCUT2D eigenvalue weighted by Crippen LogP contribution is 2.28. The molecule has 26 heavy (non-hydrogen) atoms. The largest absolute Gasteiger partial charge is 0.353 e. The first-order chi connectivity index (χ1) is 12.7. The van der Waals surface area contributed by atoms with Crippen molar-refractivity contribution in [3.8, 4) is 0 Å². The van der Waals surface area contributed by atoms with Crippen LogP contribution in [0.2, 0.25) is 0 Å².